The first kappa shape index (κ1) is 17.1. The molecule has 0 spiro atoms. The highest BCUT2D eigenvalue weighted by Gasteiger charge is 2.23. The van der Waals surface area contributed by atoms with Gasteiger partial charge in [0.2, 0.25) is 10.0 Å². The van der Waals surface area contributed by atoms with Gasteiger partial charge >= 0.3 is 0 Å². The van der Waals surface area contributed by atoms with Crippen LogP contribution in [0.5, 0.6) is 0 Å². The number of pyridine rings is 1. The molecule has 22 heavy (non-hydrogen) atoms. The Hall–Kier alpha value is -1.21. The van der Waals surface area contributed by atoms with Gasteiger partial charge in [-0.2, -0.15) is 0 Å². The summed E-state index contributed by atoms with van der Waals surface area (Å²) in [6.45, 7) is 4.04. The quantitative estimate of drug-likeness (QED) is 0.845. The summed E-state index contributed by atoms with van der Waals surface area (Å²) >= 11 is 6.06. The molecule has 2 rings (SSSR count). The van der Waals surface area contributed by atoms with Gasteiger partial charge in [0.1, 0.15) is 0 Å². The largest absolute Gasteiger partial charge is 0.396 e. The predicted molar refractivity (Wildman–Crippen MR) is 87.4 cm³/mol. The highest BCUT2D eigenvalue weighted by Crippen LogP contribution is 2.28. The van der Waals surface area contributed by atoms with Gasteiger partial charge in [-0.15, -0.1) is 0 Å². The molecule has 1 heterocycles. The van der Waals surface area contributed by atoms with Crippen LogP contribution in [0.1, 0.15) is 20.3 Å². The van der Waals surface area contributed by atoms with Crippen molar-refractivity contribution in [2.24, 2.45) is 5.41 Å². The van der Waals surface area contributed by atoms with Gasteiger partial charge in [0.05, 0.1) is 15.4 Å². The maximum absolute atomic E-state index is 12.6. The molecule has 120 valence electrons. The second-order valence-corrected chi connectivity index (χ2v) is 8.05. The topological polar surface area (TPSA) is 79.3 Å². The fraction of sp³-hybridized carbons (Fsp3) is 0.400. The lowest BCUT2D eigenvalue weighted by atomic mass is 9.90. The van der Waals surface area contributed by atoms with Gasteiger partial charge in [-0.25, -0.2) is 13.1 Å². The number of halogens is 1. The minimum Gasteiger partial charge on any atom is -0.396 e. The number of benzene rings is 1. The number of sulfonamides is 1. The van der Waals surface area contributed by atoms with Crippen molar-refractivity contribution in [1.29, 1.82) is 0 Å². The molecular weight excluding hydrogens is 324 g/mol. The highest BCUT2D eigenvalue weighted by molar-refractivity contribution is 7.89. The Labute approximate surface area is 135 Å². The maximum atomic E-state index is 12.6. The van der Waals surface area contributed by atoms with E-state index in [9.17, 15) is 8.42 Å². The van der Waals surface area contributed by atoms with Crippen LogP contribution in [0.2, 0.25) is 5.02 Å². The predicted octanol–water partition coefficient (Wildman–Crippen LogP) is 2.58. The van der Waals surface area contributed by atoms with E-state index in [1.165, 1.54) is 12.1 Å². The number of hydrogen-bond donors (Lipinski definition) is 2. The molecule has 5 nitrogen and oxygen atoms in total. The number of rotatable bonds is 6. The first-order valence-corrected chi connectivity index (χ1v) is 8.77. The van der Waals surface area contributed by atoms with E-state index in [1.54, 1.807) is 18.3 Å². The molecule has 2 aromatic rings. The van der Waals surface area contributed by atoms with Crippen molar-refractivity contribution in [2.75, 3.05) is 13.2 Å². The monoisotopic (exact) mass is 342 g/mol. The lowest BCUT2D eigenvalue weighted by Gasteiger charge is -2.24. The maximum Gasteiger partial charge on any atom is 0.241 e. The third-order valence-electron chi connectivity index (χ3n) is 3.50. The second-order valence-electron chi connectivity index (χ2n) is 5.91. The summed E-state index contributed by atoms with van der Waals surface area (Å²) < 4.78 is 27.7. The third kappa shape index (κ3) is 3.76. The average Bonchev–Trinajstić information content (AvgIpc) is 2.46. The average molecular weight is 343 g/mol. The molecule has 2 N–H and O–H groups in total. The van der Waals surface area contributed by atoms with E-state index in [1.807, 2.05) is 13.8 Å². The molecule has 0 radical (unpaired) electrons. The molecule has 0 aliphatic rings. The van der Waals surface area contributed by atoms with Gasteiger partial charge in [0, 0.05) is 24.7 Å². The number of aromatic nitrogens is 1. The Morgan fingerprint density at radius 2 is 2.05 bits per heavy atom. The van der Waals surface area contributed by atoms with E-state index in [0.29, 0.717) is 22.3 Å². The van der Waals surface area contributed by atoms with Crippen LogP contribution in [0.25, 0.3) is 10.9 Å². The Morgan fingerprint density at radius 1 is 1.32 bits per heavy atom. The first-order valence-electron chi connectivity index (χ1n) is 6.91. The molecule has 0 fully saturated rings. The SMILES string of the molecule is CC(C)(CCO)CNS(=O)(=O)c1ccc(Cl)c2ncccc12. The van der Waals surface area contributed by atoms with Crippen molar-refractivity contribution in [3.8, 4) is 0 Å². The molecule has 0 saturated carbocycles. The Bertz CT molecular complexity index is 775. The van der Waals surface area contributed by atoms with E-state index in [2.05, 4.69) is 9.71 Å². The third-order valence-corrected chi connectivity index (χ3v) is 5.26. The smallest absolute Gasteiger partial charge is 0.241 e. The van der Waals surface area contributed by atoms with Crippen LogP contribution >= 0.6 is 11.6 Å². The number of nitrogens with one attached hydrogen (secondary N) is 1. The standard InChI is InChI=1S/C15H19ClN2O3S/c1-15(2,7-9-19)10-18-22(20,21)13-6-5-12(16)14-11(13)4-3-8-17-14/h3-6,8,18-19H,7,9-10H2,1-2H3. The van der Waals surface area contributed by atoms with Gasteiger partial charge in [-0.3, -0.25) is 4.98 Å². The van der Waals surface area contributed by atoms with Crippen LogP contribution in [0.15, 0.2) is 35.4 Å². The molecule has 0 aliphatic carbocycles. The van der Waals surface area contributed by atoms with Crippen molar-refractivity contribution in [1.82, 2.24) is 9.71 Å². The summed E-state index contributed by atoms with van der Waals surface area (Å²) in [7, 11) is -3.69. The van der Waals surface area contributed by atoms with E-state index in [0.717, 1.165) is 0 Å². The number of aliphatic hydroxyl groups is 1. The summed E-state index contributed by atoms with van der Waals surface area (Å²) in [4.78, 5) is 4.29. The zero-order chi connectivity index (χ0) is 16.4. The summed E-state index contributed by atoms with van der Waals surface area (Å²) in [5.41, 5.74) is 0.129. The number of nitrogens with zero attached hydrogens (tertiary/aromatic N) is 1. The molecule has 0 unspecified atom stereocenters. The minimum absolute atomic E-state index is 0.0164. The minimum atomic E-state index is -3.69. The molecule has 0 saturated heterocycles. The summed E-state index contributed by atoms with van der Waals surface area (Å²) in [6, 6.07) is 6.37. The summed E-state index contributed by atoms with van der Waals surface area (Å²) in [6.07, 6.45) is 2.08. The van der Waals surface area contributed by atoms with Gasteiger partial charge in [-0.05, 0) is 36.1 Å². The van der Waals surface area contributed by atoms with Crippen LogP contribution in [-0.2, 0) is 10.0 Å². The molecule has 0 aliphatic heterocycles. The summed E-state index contributed by atoms with van der Waals surface area (Å²) in [5, 5.41) is 9.92. The van der Waals surface area contributed by atoms with Crippen molar-refractivity contribution in [2.45, 2.75) is 25.2 Å². The van der Waals surface area contributed by atoms with E-state index in [-0.39, 0.29) is 23.5 Å². The van der Waals surface area contributed by atoms with Crippen LogP contribution in [0.4, 0.5) is 0 Å². The molecule has 1 aromatic heterocycles. The lowest BCUT2D eigenvalue weighted by molar-refractivity contribution is 0.213. The van der Waals surface area contributed by atoms with Gasteiger partial charge in [0.15, 0.2) is 0 Å². The molecule has 0 bridgehead atoms. The highest BCUT2D eigenvalue weighted by atomic mass is 35.5. The van der Waals surface area contributed by atoms with Crippen molar-refractivity contribution in [3.05, 3.63) is 35.5 Å². The van der Waals surface area contributed by atoms with Gasteiger partial charge < -0.3 is 5.11 Å². The van der Waals surface area contributed by atoms with E-state index < -0.39 is 10.0 Å². The first-order chi connectivity index (χ1) is 10.3. The molecule has 0 amide bonds. The summed E-state index contributed by atoms with van der Waals surface area (Å²) in [5.74, 6) is 0. The lowest BCUT2D eigenvalue weighted by Crippen LogP contribution is -2.34. The van der Waals surface area contributed by atoms with Crippen LogP contribution < -0.4 is 4.72 Å². The number of aliphatic hydroxyl groups excluding tert-OH is 1. The molecule has 1 aromatic carbocycles. The number of hydrogen-bond acceptors (Lipinski definition) is 4. The van der Waals surface area contributed by atoms with Gasteiger partial charge in [-0.1, -0.05) is 25.4 Å². The Balaban J connectivity index is 2.37. The molecular formula is C15H19ClN2O3S. The van der Waals surface area contributed by atoms with Crippen molar-refractivity contribution < 1.29 is 13.5 Å². The Morgan fingerprint density at radius 3 is 2.73 bits per heavy atom. The van der Waals surface area contributed by atoms with Crippen LogP contribution in [0.3, 0.4) is 0 Å². The zero-order valence-corrected chi connectivity index (χ0v) is 14.1. The fourth-order valence-electron chi connectivity index (χ4n) is 2.11. The Kier molecular flexibility index (Phi) is 5.07. The molecule has 0 atom stereocenters. The van der Waals surface area contributed by atoms with Crippen LogP contribution in [0, 0.1) is 5.41 Å². The van der Waals surface area contributed by atoms with Gasteiger partial charge in [0.25, 0.3) is 0 Å². The number of fused-ring (bicyclic) bond motifs is 1. The normalized spacial score (nSPS) is 12.7. The second kappa shape index (κ2) is 6.50. The van der Waals surface area contributed by atoms with Crippen LogP contribution in [-0.4, -0.2) is 31.7 Å². The zero-order valence-electron chi connectivity index (χ0n) is 12.5. The van der Waals surface area contributed by atoms with Crippen molar-refractivity contribution >= 4 is 32.5 Å². The van der Waals surface area contributed by atoms with E-state index in [4.69, 9.17) is 16.7 Å². The molecule has 7 heteroatoms. The van der Waals surface area contributed by atoms with E-state index >= 15 is 0 Å². The fourth-order valence-corrected chi connectivity index (χ4v) is 3.76. The van der Waals surface area contributed by atoms with Crippen molar-refractivity contribution in [3.63, 3.8) is 0 Å².